The second kappa shape index (κ2) is 10.8. The van der Waals surface area contributed by atoms with Crippen molar-refractivity contribution >= 4 is 68.4 Å². The average Bonchev–Trinajstić information content (AvgIpc) is 3.22. The number of halogens is 2. The zero-order valence-electron chi connectivity index (χ0n) is 18.3. The Bertz CT molecular complexity index is 1170. The van der Waals surface area contributed by atoms with Crippen LogP contribution in [0.15, 0.2) is 59.8 Å². The largest absolute Gasteiger partial charge is 0.332 e. The number of ketones is 1. The van der Waals surface area contributed by atoms with Gasteiger partial charge in [-0.2, -0.15) is 5.10 Å². The van der Waals surface area contributed by atoms with Gasteiger partial charge in [-0.1, -0.05) is 52.7 Å². The summed E-state index contributed by atoms with van der Waals surface area (Å²) < 4.78 is 0. The van der Waals surface area contributed by atoms with E-state index in [1.165, 1.54) is 23.6 Å². The van der Waals surface area contributed by atoms with Crippen molar-refractivity contribution in [3.8, 4) is 0 Å². The van der Waals surface area contributed by atoms with E-state index in [1.54, 1.807) is 12.1 Å². The van der Waals surface area contributed by atoms with Gasteiger partial charge in [-0.25, -0.2) is 4.98 Å². The second-order valence-corrected chi connectivity index (χ2v) is 9.99. The number of aromatic nitrogens is 1. The van der Waals surface area contributed by atoms with Crippen LogP contribution in [-0.4, -0.2) is 27.9 Å². The molecule has 0 aliphatic carbocycles. The number of carbonyl (C=O) groups excluding carboxylic acids is 2. The summed E-state index contributed by atoms with van der Waals surface area (Å²) in [5, 5.41) is 11.4. The fraction of sp³-hybridized carbons (Fsp3) is 0.217. The predicted molar refractivity (Wildman–Crippen MR) is 136 cm³/mol. The highest BCUT2D eigenvalue weighted by Gasteiger charge is 2.21. The summed E-state index contributed by atoms with van der Waals surface area (Å²) in [7, 11) is 0. The number of hydrogen-bond donors (Lipinski definition) is 3. The molecule has 0 saturated carbocycles. The molecule has 3 aromatic rings. The molecule has 33 heavy (non-hydrogen) atoms. The molecule has 0 spiro atoms. The smallest absolute Gasteiger partial charge is 0.272 e. The lowest BCUT2D eigenvalue weighted by Crippen LogP contribution is -2.35. The molecule has 1 aromatic heterocycles. The van der Waals surface area contributed by atoms with Crippen LogP contribution in [0.2, 0.25) is 10.0 Å². The van der Waals surface area contributed by atoms with Crippen LogP contribution in [0.5, 0.6) is 0 Å². The van der Waals surface area contributed by atoms with E-state index >= 15 is 0 Å². The van der Waals surface area contributed by atoms with E-state index in [4.69, 9.17) is 23.2 Å². The van der Waals surface area contributed by atoms with Crippen LogP contribution in [-0.2, 0) is 4.79 Å². The molecule has 0 bridgehead atoms. The van der Waals surface area contributed by atoms with E-state index < -0.39 is 11.4 Å². The standard InChI is InChI=1S/C23H23Cl2N5O2S/c1-23(2,3)30-29-18(21(32)28-17-11-14(24)9-10-16(17)25)12-19(31)20-13-26-22(33-20)27-15-7-5-4-6-8-15/h4-11,13,30H,12H2,1-3H3,(H,26,27)(H,28,32)/b29-18-. The lowest BCUT2D eigenvalue weighted by atomic mass is 10.1. The third-order valence-electron chi connectivity index (χ3n) is 4.10. The van der Waals surface area contributed by atoms with E-state index in [-0.39, 0.29) is 17.9 Å². The molecule has 0 unspecified atom stereocenters. The van der Waals surface area contributed by atoms with Crippen LogP contribution in [0.3, 0.4) is 0 Å². The lowest BCUT2D eigenvalue weighted by Gasteiger charge is -2.19. The number of Topliss-reactive ketones (excluding diaryl/α,β-unsaturated/α-hetero) is 1. The zero-order chi connectivity index (χ0) is 24.0. The van der Waals surface area contributed by atoms with Crippen molar-refractivity contribution < 1.29 is 9.59 Å². The minimum absolute atomic E-state index is 0.0111. The van der Waals surface area contributed by atoms with Crippen LogP contribution in [0.4, 0.5) is 16.5 Å². The maximum atomic E-state index is 12.9. The van der Waals surface area contributed by atoms with Crippen molar-refractivity contribution in [2.45, 2.75) is 32.7 Å². The van der Waals surface area contributed by atoms with Gasteiger partial charge < -0.3 is 16.1 Å². The number of nitrogens with one attached hydrogen (secondary N) is 3. The number of hydrogen-bond acceptors (Lipinski definition) is 7. The summed E-state index contributed by atoms with van der Waals surface area (Å²) in [6.45, 7) is 5.69. The molecule has 0 radical (unpaired) electrons. The van der Waals surface area contributed by atoms with E-state index in [9.17, 15) is 9.59 Å². The van der Waals surface area contributed by atoms with Gasteiger partial charge in [-0.05, 0) is 51.1 Å². The molecule has 2 aromatic carbocycles. The van der Waals surface area contributed by atoms with Crippen LogP contribution >= 0.6 is 34.5 Å². The Labute approximate surface area is 206 Å². The first-order chi connectivity index (χ1) is 15.6. The van der Waals surface area contributed by atoms with Gasteiger partial charge in [0.15, 0.2) is 10.9 Å². The van der Waals surface area contributed by atoms with Crippen molar-refractivity contribution in [1.29, 1.82) is 0 Å². The number of benzene rings is 2. The van der Waals surface area contributed by atoms with Gasteiger partial charge in [0.2, 0.25) is 0 Å². The number of carbonyl (C=O) groups is 2. The Morgan fingerprint density at radius 2 is 1.82 bits per heavy atom. The Hall–Kier alpha value is -2.94. The van der Waals surface area contributed by atoms with Crippen molar-refractivity contribution in [3.05, 3.63) is 69.7 Å². The maximum Gasteiger partial charge on any atom is 0.272 e. The molecule has 10 heteroatoms. The Morgan fingerprint density at radius 3 is 2.52 bits per heavy atom. The summed E-state index contributed by atoms with van der Waals surface area (Å²) in [6.07, 6.45) is 1.26. The highest BCUT2D eigenvalue weighted by molar-refractivity contribution is 7.17. The summed E-state index contributed by atoms with van der Waals surface area (Å²) >= 11 is 13.4. The lowest BCUT2D eigenvalue weighted by molar-refractivity contribution is -0.110. The van der Waals surface area contributed by atoms with Crippen molar-refractivity contribution in [1.82, 2.24) is 10.4 Å². The molecule has 0 aliphatic rings. The number of rotatable bonds is 8. The molecule has 7 nitrogen and oxygen atoms in total. The van der Waals surface area contributed by atoms with E-state index in [0.717, 1.165) is 5.69 Å². The molecule has 3 rings (SSSR count). The number of para-hydroxylation sites is 1. The minimum Gasteiger partial charge on any atom is -0.332 e. The predicted octanol–water partition coefficient (Wildman–Crippen LogP) is 6.15. The zero-order valence-corrected chi connectivity index (χ0v) is 20.6. The molecular weight excluding hydrogens is 481 g/mol. The summed E-state index contributed by atoms with van der Waals surface area (Å²) in [5.74, 6) is -0.841. The number of hydrazone groups is 1. The second-order valence-electron chi connectivity index (χ2n) is 8.12. The van der Waals surface area contributed by atoms with Crippen LogP contribution in [0.25, 0.3) is 0 Å². The van der Waals surface area contributed by atoms with Crippen molar-refractivity contribution in [3.63, 3.8) is 0 Å². The number of thiazole rings is 1. The third kappa shape index (κ3) is 7.56. The summed E-state index contributed by atoms with van der Waals surface area (Å²) in [5.41, 5.74) is 3.70. The average molecular weight is 504 g/mol. The molecule has 0 fully saturated rings. The molecule has 1 amide bonds. The van der Waals surface area contributed by atoms with E-state index in [2.05, 4.69) is 26.1 Å². The fourth-order valence-corrected chi connectivity index (χ4v) is 3.65. The molecule has 0 aliphatic heterocycles. The maximum absolute atomic E-state index is 12.9. The van der Waals surface area contributed by atoms with Gasteiger partial charge in [0.25, 0.3) is 5.91 Å². The summed E-state index contributed by atoms with van der Waals surface area (Å²) in [6, 6.07) is 14.2. The van der Waals surface area contributed by atoms with Gasteiger partial charge in [-0.3, -0.25) is 9.59 Å². The first-order valence-electron chi connectivity index (χ1n) is 10.0. The fourth-order valence-electron chi connectivity index (χ4n) is 2.54. The molecular formula is C23H23Cl2N5O2S. The first kappa shape index (κ1) is 24.7. The van der Waals surface area contributed by atoms with Gasteiger partial charge >= 0.3 is 0 Å². The van der Waals surface area contributed by atoms with Crippen LogP contribution in [0, 0.1) is 0 Å². The SMILES string of the molecule is CC(C)(C)N/N=C(/CC(=O)c1cnc(Nc2ccccc2)s1)C(=O)Nc1cc(Cl)ccc1Cl. The highest BCUT2D eigenvalue weighted by Crippen LogP contribution is 2.26. The van der Waals surface area contributed by atoms with Crippen LogP contribution in [0.1, 0.15) is 36.9 Å². The molecule has 1 heterocycles. The van der Waals surface area contributed by atoms with Gasteiger partial charge in [0.1, 0.15) is 5.71 Å². The van der Waals surface area contributed by atoms with Crippen molar-refractivity contribution in [2.75, 3.05) is 10.6 Å². The van der Waals surface area contributed by atoms with Gasteiger partial charge in [0.05, 0.1) is 28.2 Å². The Kier molecular flexibility index (Phi) is 8.07. The first-order valence-corrected chi connectivity index (χ1v) is 11.6. The minimum atomic E-state index is -0.559. The normalized spacial score (nSPS) is 11.7. The van der Waals surface area contributed by atoms with Crippen LogP contribution < -0.4 is 16.1 Å². The highest BCUT2D eigenvalue weighted by atomic mass is 35.5. The Morgan fingerprint density at radius 1 is 1.09 bits per heavy atom. The number of amides is 1. The topological polar surface area (TPSA) is 95.5 Å². The third-order valence-corrected chi connectivity index (χ3v) is 5.62. The Balaban J connectivity index is 1.76. The van der Waals surface area contributed by atoms with Gasteiger partial charge in [-0.15, -0.1) is 0 Å². The monoisotopic (exact) mass is 503 g/mol. The molecule has 3 N–H and O–H groups in total. The van der Waals surface area contributed by atoms with E-state index in [0.29, 0.717) is 25.7 Å². The summed E-state index contributed by atoms with van der Waals surface area (Å²) in [4.78, 5) is 30.5. The number of anilines is 3. The van der Waals surface area contributed by atoms with Gasteiger partial charge in [0, 0.05) is 16.2 Å². The van der Waals surface area contributed by atoms with E-state index in [1.807, 2.05) is 51.1 Å². The number of nitrogens with zero attached hydrogens (tertiary/aromatic N) is 2. The molecule has 0 saturated heterocycles. The van der Waals surface area contributed by atoms with Crippen molar-refractivity contribution in [2.24, 2.45) is 5.10 Å². The quantitative estimate of drug-likeness (QED) is 0.194. The molecule has 0 atom stereocenters. The molecule has 172 valence electrons.